The van der Waals surface area contributed by atoms with Crippen LogP contribution in [0.4, 0.5) is 11.4 Å². The van der Waals surface area contributed by atoms with Crippen molar-refractivity contribution >= 4 is 11.4 Å². The molecular formula is C13H11N5O. The van der Waals surface area contributed by atoms with Crippen LogP contribution in [0.15, 0.2) is 35.5 Å². The van der Waals surface area contributed by atoms with Crippen molar-refractivity contribution in [1.82, 2.24) is 0 Å². The molecule has 0 heterocycles. The van der Waals surface area contributed by atoms with Gasteiger partial charge in [0.1, 0.15) is 23.9 Å². The highest BCUT2D eigenvalue weighted by atomic mass is 16.3. The van der Waals surface area contributed by atoms with Gasteiger partial charge in [-0.15, -0.1) is 0 Å². The van der Waals surface area contributed by atoms with Crippen LogP contribution in [0.25, 0.3) is 0 Å². The van der Waals surface area contributed by atoms with Crippen LogP contribution in [0.2, 0.25) is 0 Å². The Labute approximate surface area is 110 Å². The van der Waals surface area contributed by atoms with Gasteiger partial charge in [-0.2, -0.15) is 15.8 Å². The Morgan fingerprint density at radius 3 is 2.05 bits per heavy atom. The van der Waals surface area contributed by atoms with E-state index in [0.717, 1.165) is 5.69 Å². The summed E-state index contributed by atoms with van der Waals surface area (Å²) in [5, 5.41) is 40.6. The van der Waals surface area contributed by atoms with Crippen molar-refractivity contribution < 1.29 is 5.11 Å². The van der Waals surface area contributed by atoms with Crippen LogP contribution in [0.1, 0.15) is 0 Å². The van der Waals surface area contributed by atoms with Crippen molar-refractivity contribution in [2.24, 2.45) is 0 Å². The largest absolute Gasteiger partial charge is 0.395 e. The van der Waals surface area contributed by atoms with Crippen molar-refractivity contribution in [2.75, 3.05) is 23.8 Å². The Bertz CT molecular complexity index is 567. The molecule has 0 unspecified atom stereocenters. The smallest absolute Gasteiger partial charge is 0.163 e. The van der Waals surface area contributed by atoms with E-state index in [4.69, 9.17) is 20.9 Å². The molecule has 0 aromatic heterocycles. The molecule has 0 fully saturated rings. The number of nitrogens with one attached hydrogen (secondary N) is 2. The van der Waals surface area contributed by atoms with Crippen molar-refractivity contribution in [3.8, 4) is 18.2 Å². The van der Waals surface area contributed by atoms with E-state index in [9.17, 15) is 0 Å². The van der Waals surface area contributed by atoms with Crippen LogP contribution in [0.3, 0.4) is 0 Å². The number of hydrogen-bond acceptors (Lipinski definition) is 6. The van der Waals surface area contributed by atoms with E-state index >= 15 is 0 Å². The van der Waals surface area contributed by atoms with Crippen LogP contribution >= 0.6 is 0 Å². The number of hydrogen-bond donors (Lipinski definition) is 3. The fourth-order valence-electron chi connectivity index (χ4n) is 1.30. The Hall–Kier alpha value is -3.01. The van der Waals surface area contributed by atoms with E-state index in [1.807, 2.05) is 0 Å². The second kappa shape index (κ2) is 7.34. The minimum absolute atomic E-state index is 0.0367. The zero-order valence-corrected chi connectivity index (χ0v) is 10.0. The molecular weight excluding hydrogens is 242 g/mol. The van der Waals surface area contributed by atoms with Gasteiger partial charge in [0.2, 0.25) is 0 Å². The zero-order chi connectivity index (χ0) is 14.1. The SMILES string of the molecule is N#CC(C#N)=C(C#N)Nc1ccc(NCCO)cc1. The fourth-order valence-corrected chi connectivity index (χ4v) is 1.30. The molecule has 0 saturated carbocycles. The summed E-state index contributed by atoms with van der Waals surface area (Å²) in [6.07, 6.45) is 0. The van der Waals surface area contributed by atoms with Gasteiger partial charge in [0.15, 0.2) is 5.57 Å². The van der Waals surface area contributed by atoms with Crippen molar-refractivity contribution in [3.05, 3.63) is 35.5 Å². The second-order valence-electron chi connectivity index (χ2n) is 3.44. The Balaban J connectivity index is 2.84. The predicted molar refractivity (Wildman–Crippen MR) is 69.5 cm³/mol. The quantitative estimate of drug-likeness (QED) is 0.682. The zero-order valence-electron chi connectivity index (χ0n) is 10.0. The Morgan fingerprint density at radius 1 is 1.00 bits per heavy atom. The maximum Gasteiger partial charge on any atom is 0.163 e. The standard InChI is InChI=1S/C13H11N5O/c14-7-10(8-15)13(9-16)18-12-3-1-11(2-4-12)17-5-6-19/h1-4,17-19H,5-6H2. The number of nitriles is 3. The monoisotopic (exact) mass is 253 g/mol. The molecule has 0 amide bonds. The van der Waals surface area contributed by atoms with Crippen molar-refractivity contribution in [3.63, 3.8) is 0 Å². The van der Waals surface area contributed by atoms with Crippen LogP contribution < -0.4 is 10.6 Å². The van der Waals surface area contributed by atoms with Crippen LogP contribution in [-0.2, 0) is 0 Å². The fraction of sp³-hybridized carbons (Fsp3) is 0.154. The van der Waals surface area contributed by atoms with Crippen LogP contribution in [-0.4, -0.2) is 18.3 Å². The Morgan fingerprint density at radius 2 is 1.58 bits per heavy atom. The molecule has 3 N–H and O–H groups in total. The third kappa shape index (κ3) is 4.05. The number of nitrogens with zero attached hydrogens (tertiary/aromatic N) is 3. The molecule has 0 atom stereocenters. The number of benzene rings is 1. The number of rotatable bonds is 5. The molecule has 1 aromatic rings. The molecule has 0 spiro atoms. The van der Waals surface area contributed by atoms with Crippen molar-refractivity contribution in [1.29, 1.82) is 15.8 Å². The molecule has 0 saturated heterocycles. The van der Waals surface area contributed by atoms with Gasteiger partial charge >= 0.3 is 0 Å². The molecule has 0 bridgehead atoms. The van der Waals surface area contributed by atoms with Gasteiger partial charge in [0, 0.05) is 17.9 Å². The third-order valence-corrected chi connectivity index (χ3v) is 2.18. The molecule has 94 valence electrons. The minimum Gasteiger partial charge on any atom is -0.395 e. The highest BCUT2D eigenvalue weighted by Crippen LogP contribution is 2.16. The van der Waals surface area contributed by atoms with E-state index in [2.05, 4.69) is 10.6 Å². The van der Waals surface area contributed by atoms with E-state index < -0.39 is 0 Å². The highest BCUT2D eigenvalue weighted by Gasteiger charge is 2.05. The molecule has 6 heteroatoms. The predicted octanol–water partition coefficient (Wildman–Crippen LogP) is 1.33. The molecule has 19 heavy (non-hydrogen) atoms. The topological polar surface area (TPSA) is 116 Å². The average Bonchev–Trinajstić information content (AvgIpc) is 2.46. The molecule has 0 radical (unpaired) electrons. The van der Waals surface area contributed by atoms with Gasteiger partial charge < -0.3 is 15.7 Å². The lowest BCUT2D eigenvalue weighted by molar-refractivity contribution is 0.311. The minimum atomic E-state index is -0.259. The average molecular weight is 253 g/mol. The van der Waals surface area contributed by atoms with E-state index in [0.29, 0.717) is 12.2 Å². The molecule has 1 aromatic carbocycles. The maximum absolute atomic E-state index is 8.88. The van der Waals surface area contributed by atoms with Crippen LogP contribution in [0, 0.1) is 34.0 Å². The van der Waals surface area contributed by atoms with Gasteiger partial charge in [-0.3, -0.25) is 0 Å². The van der Waals surface area contributed by atoms with E-state index in [1.54, 1.807) is 42.5 Å². The first kappa shape index (κ1) is 14.1. The number of aliphatic hydroxyl groups excluding tert-OH is 1. The first-order valence-electron chi connectivity index (χ1n) is 5.41. The molecule has 0 aliphatic carbocycles. The summed E-state index contributed by atoms with van der Waals surface area (Å²) < 4.78 is 0. The highest BCUT2D eigenvalue weighted by molar-refractivity contribution is 5.61. The molecule has 0 aliphatic rings. The summed E-state index contributed by atoms with van der Waals surface area (Å²) >= 11 is 0. The number of allylic oxidation sites excluding steroid dienone is 2. The van der Waals surface area contributed by atoms with Crippen molar-refractivity contribution in [2.45, 2.75) is 0 Å². The van der Waals surface area contributed by atoms with Gasteiger partial charge in [-0.25, -0.2) is 0 Å². The lowest BCUT2D eigenvalue weighted by Gasteiger charge is -2.07. The van der Waals surface area contributed by atoms with Gasteiger partial charge in [0.25, 0.3) is 0 Å². The van der Waals surface area contributed by atoms with Gasteiger partial charge in [0.05, 0.1) is 6.61 Å². The molecule has 0 aliphatic heterocycles. The van der Waals surface area contributed by atoms with Gasteiger partial charge in [-0.05, 0) is 24.3 Å². The second-order valence-corrected chi connectivity index (χ2v) is 3.44. The van der Waals surface area contributed by atoms with Gasteiger partial charge in [-0.1, -0.05) is 0 Å². The summed E-state index contributed by atoms with van der Waals surface area (Å²) in [6, 6.07) is 12.0. The summed E-state index contributed by atoms with van der Waals surface area (Å²) in [6.45, 7) is 0.484. The lowest BCUT2D eigenvalue weighted by atomic mass is 10.2. The first-order chi connectivity index (χ1) is 9.24. The third-order valence-electron chi connectivity index (χ3n) is 2.18. The molecule has 1 rings (SSSR count). The lowest BCUT2D eigenvalue weighted by Crippen LogP contribution is -2.05. The normalized spacial score (nSPS) is 8.53. The number of aliphatic hydroxyl groups is 1. The molecule has 6 nitrogen and oxygen atoms in total. The Kier molecular flexibility index (Phi) is 5.43. The van der Waals surface area contributed by atoms with E-state index in [1.165, 1.54) is 0 Å². The summed E-state index contributed by atoms with van der Waals surface area (Å²) in [5.41, 5.74) is 1.07. The summed E-state index contributed by atoms with van der Waals surface area (Å²) in [7, 11) is 0. The summed E-state index contributed by atoms with van der Waals surface area (Å²) in [4.78, 5) is 0. The van der Waals surface area contributed by atoms with Crippen LogP contribution in [0.5, 0.6) is 0 Å². The summed E-state index contributed by atoms with van der Waals surface area (Å²) in [5.74, 6) is 0. The maximum atomic E-state index is 8.88. The number of anilines is 2. The first-order valence-corrected chi connectivity index (χ1v) is 5.41. The van der Waals surface area contributed by atoms with E-state index in [-0.39, 0.29) is 17.9 Å².